The minimum atomic E-state index is 0. The summed E-state index contributed by atoms with van der Waals surface area (Å²) in [7, 11) is 0.890. The fourth-order valence-corrected chi connectivity index (χ4v) is 0. The Balaban J connectivity index is -0.00000000333. The molecule has 0 amide bonds. The molecule has 0 radical (unpaired) electrons. The molecule has 0 aliphatic rings. The molecule has 0 spiro atoms. The van der Waals surface area contributed by atoms with Gasteiger partial charge in [-0.1, -0.05) is 0 Å². The largest absolute Gasteiger partial charge is 0.693 e. The second kappa shape index (κ2) is 44.0. The van der Waals surface area contributed by atoms with Crippen molar-refractivity contribution in [3.8, 4) is 0 Å². The van der Waals surface area contributed by atoms with E-state index >= 15 is 0 Å². The van der Waals surface area contributed by atoms with E-state index in [4.69, 9.17) is 0 Å². The SMILES string of the molecule is [I][Pd][I].[NH2-].[NH2-].[NH2-].[NH2-]. The van der Waals surface area contributed by atoms with Crippen LogP contribution in [0.2, 0.25) is 0 Å². The zero-order chi connectivity index (χ0) is 2.71. The number of nitrogens with two attached hydrogens (primary N) is 4. The minimum absolute atomic E-state index is 0. The molecule has 0 saturated carbocycles. The normalized spacial score (nSPS) is 3.14. The van der Waals surface area contributed by atoms with E-state index in [9.17, 15) is 0 Å². The molecule has 7 heavy (non-hydrogen) atoms. The fourth-order valence-electron chi connectivity index (χ4n) is 0. The summed E-state index contributed by atoms with van der Waals surface area (Å²) in [4.78, 5) is 0. The van der Waals surface area contributed by atoms with E-state index in [-0.39, 0.29) is 24.6 Å². The first-order valence-corrected chi connectivity index (χ1v) is 9.49. The molecule has 7 heteroatoms. The average molecular weight is 424 g/mol. The minimum Gasteiger partial charge on any atom is -0.693 e. The van der Waals surface area contributed by atoms with Crippen LogP contribution in [-0.4, -0.2) is 0 Å². The zero-order valence-corrected chi connectivity index (χ0v) is 9.25. The standard InChI is InChI=1S/2HI.4H2N.Pd/h2*1H;4*1H2;/q;;4*-1;+2/p-2. The molecule has 0 aromatic rings. The molecule has 0 bridgehead atoms. The zero-order valence-electron chi connectivity index (χ0n) is 3.38. The fraction of sp³-hybridized carbons (Fsp3) is 0. The Morgan fingerprint density at radius 2 is 0.714 bits per heavy atom. The van der Waals surface area contributed by atoms with Gasteiger partial charge in [-0.05, 0) is 0 Å². The van der Waals surface area contributed by atoms with Crippen molar-refractivity contribution in [2.75, 3.05) is 0 Å². The predicted molar refractivity (Wildman–Crippen MR) is 49.2 cm³/mol. The van der Waals surface area contributed by atoms with Crippen molar-refractivity contribution >= 4 is 39.0 Å². The molecule has 0 saturated heterocycles. The smallest absolute Gasteiger partial charge is 0.693 e. The van der Waals surface area contributed by atoms with Crippen molar-refractivity contribution in [2.45, 2.75) is 0 Å². The first kappa shape index (κ1) is 36.2. The van der Waals surface area contributed by atoms with E-state index < -0.39 is 0 Å². The molecule has 0 unspecified atom stereocenters. The van der Waals surface area contributed by atoms with Crippen molar-refractivity contribution in [3.05, 3.63) is 24.6 Å². The first-order valence-electron chi connectivity index (χ1n) is 0.239. The van der Waals surface area contributed by atoms with Crippen molar-refractivity contribution < 1.29 is 10.8 Å². The van der Waals surface area contributed by atoms with Crippen LogP contribution in [0.4, 0.5) is 0 Å². The summed E-state index contributed by atoms with van der Waals surface area (Å²) in [6, 6.07) is 0. The summed E-state index contributed by atoms with van der Waals surface area (Å²) in [5.41, 5.74) is 0. The van der Waals surface area contributed by atoms with Crippen molar-refractivity contribution in [3.63, 3.8) is 0 Å². The first-order chi connectivity index (χ1) is 1.41. The molecular weight excluding hydrogens is 416 g/mol. The number of rotatable bonds is 0. The van der Waals surface area contributed by atoms with Crippen LogP contribution in [0.25, 0.3) is 24.6 Å². The van der Waals surface area contributed by atoms with Crippen LogP contribution in [0.1, 0.15) is 0 Å². The van der Waals surface area contributed by atoms with Crippen LogP contribution in [0.15, 0.2) is 0 Å². The van der Waals surface area contributed by atoms with E-state index in [1.54, 1.807) is 0 Å². The monoisotopic (exact) mass is 424 g/mol. The van der Waals surface area contributed by atoms with Gasteiger partial charge in [0.05, 0.1) is 0 Å². The van der Waals surface area contributed by atoms with Crippen LogP contribution in [0.3, 0.4) is 0 Å². The average Bonchev–Trinajstić information content (AvgIpc) is 0.918. The third-order valence-electron chi connectivity index (χ3n) is 0. The topological polar surface area (TPSA) is 134 Å². The molecule has 0 aromatic heterocycles. The van der Waals surface area contributed by atoms with Gasteiger partial charge in [0.25, 0.3) is 0 Å². The van der Waals surface area contributed by atoms with Crippen LogP contribution < -0.4 is 0 Å². The van der Waals surface area contributed by atoms with Gasteiger partial charge in [0.2, 0.25) is 0 Å². The second-order valence-electron chi connectivity index (χ2n) is 0.0452. The summed E-state index contributed by atoms with van der Waals surface area (Å²) < 4.78 is 0. The number of halogens is 2. The van der Waals surface area contributed by atoms with Gasteiger partial charge in [-0.2, -0.15) is 0 Å². The summed E-state index contributed by atoms with van der Waals surface area (Å²) >= 11 is 4.65. The van der Waals surface area contributed by atoms with Crippen LogP contribution in [0, 0.1) is 0 Å². The molecule has 0 rings (SSSR count). The van der Waals surface area contributed by atoms with Crippen molar-refractivity contribution in [1.82, 2.24) is 0 Å². The predicted octanol–water partition coefficient (Wildman–Crippen LogP) is 4.64. The van der Waals surface area contributed by atoms with Crippen LogP contribution in [0.5, 0.6) is 0 Å². The second-order valence-corrected chi connectivity index (χ2v) is 12.0. The maximum absolute atomic E-state index is 2.33. The molecule has 8 N–H and O–H groups in total. The summed E-state index contributed by atoms with van der Waals surface area (Å²) in [6.45, 7) is 0. The van der Waals surface area contributed by atoms with Gasteiger partial charge in [-0.15, -0.1) is 0 Å². The number of hydrogen-bond donors (Lipinski definition) is 0. The van der Waals surface area contributed by atoms with Gasteiger partial charge in [0.1, 0.15) is 0 Å². The quantitative estimate of drug-likeness (QED) is 0.396. The van der Waals surface area contributed by atoms with Gasteiger partial charge < -0.3 is 24.6 Å². The Hall–Kier alpha value is 1.96. The van der Waals surface area contributed by atoms with Gasteiger partial charge in [-0.3, -0.25) is 0 Å². The van der Waals surface area contributed by atoms with Crippen LogP contribution >= 0.6 is 39.0 Å². The molecule has 0 fully saturated rings. The summed E-state index contributed by atoms with van der Waals surface area (Å²) in [5, 5.41) is 0. The van der Waals surface area contributed by atoms with Crippen molar-refractivity contribution in [1.29, 1.82) is 0 Å². The maximum Gasteiger partial charge on any atom is -0.693 e. The molecule has 0 heterocycles. The molecule has 0 aliphatic carbocycles. The molecule has 0 atom stereocenters. The van der Waals surface area contributed by atoms with Gasteiger partial charge in [-0.25, -0.2) is 0 Å². The van der Waals surface area contributed by atoms with E-state index in [2.05, 4.69) is 39.0 Å². The van der Waals surface area contributed by atoms with E-state index in [1.807, 2.05) is 0 Å². The van der Waals surface area contributed by atoms with Gasteiger partial charge >= 0.3 is 49.8 Å². The molecule has 0 aliphatic heterocycles. The van der Waals surface area contributed by atoms with Gasteiger partial charge in [0.15, 0.2) is 0 Å². The Morgan fingerprint density at radius 3 is 0.714 bits per heavy atom. The molecule has 4 nitrogen and oxygen atoms in total. The van der Waals surface area contributed by atoms with E-state index in [1.165, 1.54) is 0 Å². The van der Waals surface area contributed by atoms with E-state index in [0.29, 0.717) is 0 Å². The van der Waals surface area contributed by atoms with Gasteiger partial charge in [0, 0.05) is 0 Å². The summed E-state index contributed by atoms with van der Waals surface area (Å²) in [5.74, 6) is 0. The maximum atomic E-state index is 2.33. The van der Waals surface area contributed by atoms with Crippen molar-refractivity contribution in [2.24, 2.45) is 0 Å². The third kappa shape index (κ3) is 73.5. The molecular formula is H8I2N4Pd-4. The molecule has 0 aromatic carbocycles. The molecule has 56 valence electrons. The summed E-state index contributed by atoms with van der Waals surface area (Å²) in [6.07, 6.45) is 0. The number of hydrogen-bond acceptors (Lipinski definition) is 0. The Kier molecular flexibility index (Phi) is 227. The van der Waals surface area contributed by atoms with Crippen LogP contribution in [-0.2, 0) is 10.8 Å². The Labute approximate surface area is 73.4 Å². The Bertz CT molecular complexity index is 9.65. The Morgan fingerprint density at radius 1 is 0.714 bits per heavy atom. The van der Waals surface area contributed by atoms with E-state index in [0.717, 1.165) is 10.8 Å². The third-order valence-corrected chi connectivity index (χ3v) is 0.